The topological polar surface area (TPSA) is 49.8 Å². The number of benzene rings is 1. The lowest BCUT2D eigenvalue weighted by Crippen LogP contribution is -2.03. The molecule has 0 unspecified atom stereocenters. The van der Waals surface area contributed by atoms with Crippen LogP contribution >= 0.6 is 11.6 Å². The Hall–Kier alpha value is -2.33. The normalized spacial score (nSPS) is 11.3. The van der Waals surface area contributed by atoms with Gasteiger partial charge in [-0.15, -0.1) is 0 Å². The smallest absolute Gasteiger partial charge is 0.173 e. The van der Waals surface area contributed by atoms with Gasteiger partial charge in [0.25, 0.3) is 0 Å². The predicted molar refractivity (Wildman–Crippen MR) is 99.5 cm³/mol. The number of hydrogen-bond donors (Lipinski definition) is 2. The van der Waals surface area contributed by atoms with E-state index in [1.54, 1.807) is 6.20 Å². The molecule has 5 heteroatoms. The molecular weight excluding hydrogens is 308 g/mol. The Kier molecular flexibility index (Phi) is 6.18. The zero-order valence-electron chi connectivity index (χ0n) is 13.6. The van der Waals surface area contributed by atoms with Gasteiger partial charge < -0.3 is 10.6 Å². The highest BCUT2D eigenvalue weighted by molar-refractivity contribution is 6.33. The van der Waals surface area contributed by atoms with E-state index >= 15 is 0 Å². The maximum atomic E-state index is 6.26. The second-order valence-corrected chi connectivity index (χ2v) is 5.33. The standard InChI is InChI=1S/C18H21ClN4/c1-4-6-7-8-14-12-21-18(17(20-3)22-14)23-16-11-13(5-2)9-10-15(16)19/h4,6-12H,5H2,1-3H3,(H,20,22)(H,21,23)/b6-4-,8-7-. The van der Waals surface area contributed by atoms with Gasteiger partial charge in [0.15, 0.2) is 11.6 Å². The molecule has 1 aromatic heterocycles. The zero-order valence-corrected chi connectivity index (χ0v) is 14.4. The van der Waals surface area contributed by atoms with Crippen LogP contribution < -0.4 is 10.6 Å². The Balaban J connectivity index is 2.29. The van der Waals surface area contributed by atoms with Crippen LogP contribution in [0.1, 0.15) is 25.1 Å². The summed E-state index contributed by atoms with van der Waals surface area (Å²) in [5.74, 6) is 1.32. The van der Waals surface area contributed by atoms with Crippen molar-refractivity contribution in [2.24, 2.45) is 0 Å². The van der Waals surface area contributed by atoms with Gasteiger partial charge in [0.2, 0.25) is 0 Å². The van der Waals surface area contributed by atoms with Gasteiger partial charge in [-0.25, -0.2) is 9.97 Å². The predicted octanol–water partition coefficient (Wildman–Crippen LogP) is 5.07. The van der Waals surface area contributed by atoms with Crippen LogP contribution in [0.5, 0.6) is 0 Å². The molecule has 0 bridgehead atoms. The summed E-state index contributed by atoms with van der Waals surface area (Å²) in [6.07, 6.45) is 10.4. The number of rotatable bonds is 6. The maximum Gasteiger partial charge on any atom is 0.173 e. The largest absolute Gasteiger partial charge is 0.370 e. The third-order valence-corrected chi connectivity index (χ3v) is 3.62. The van der Waals surface area contributed by atoms with Crippen molar-refractivity contribution in [1.82, 2.24) is 9.97 Å². The van der Waals surface area contributed by atoms with E-state index in [0.29, 0.717) is 16.7 Å². The molecule has 120 valence electrons. The maximum absolute atomic E-state index is 6.26. The molecule has 1 aromatic carbocycles. The van der Waals surface area contributed by atoms with Gasteiger partial charge in [-0.1, -0.05) is 42.8 Å². The minimum absolute atomic E-state index is 0.644. The van der Waals surface area contributed by atoms with Crippen molar-refractivity contribution in [3.8, 4) is 0 Å². The molecule has 1 heterocycles. The number of nitrogens with one attached hydrogen (secondary N) is 2. The van der Waals surface area contributed by atoms with Gasteiger partial charge in [0, 0.05) is 7.05 Å². The van der Waals surface area contributed by atoms with Crippen molar-refractivity contribution in [2.45, 2.75) is 20.3 Å². The molecule has 0 spiro atoms. The summed E-state index contributed by atoms with van der Waals surface area (Å²) >= 11 is 6.26. The minimum Gasteiger partial charge on any atom is -0.370 e. The molecule has 0 aliphatic carbocycles. The number of halogens is 1. The Morgan fingerprint density at radius 2 is 2.04 bits per heavy atom. The van der Waals surface area contributed by atoms with Gasteiger partial charge in [0.1, 0.15) is 0 Å². The third kappa shape index (κ3) is 4.57. The summed E-state index contributed by atoms with van der Waals surface area (Å²) < 4.78 is 0. The first-order valence-corrected chi connectivity index (χ1v) is 7.95. The van der Waals surface area contributed by atoms with Gasteiger partial charge >= 0.3 is 0 Å². The van der Waals surface area contributed by atoms with Gasteiger partial charge in [0.05, 0.1) is 22.6 Å². The van der Waals surface area contributed by atoms with E-state index in [2.05, 4.69) is 27.5 Å². The first-order chi connectivity index (χ1) is 11.2. The second-order valence-electron chi connectivity index (χ2n) is 4.92. The molecule has 0 saturated carbocycles. The van der Waals surface area contributed by atoms with Crippen LogP contribution in [-0.4, -0.2) is 17.0 Å². The van der Waals surface area contributed by atoms with Crippen molar-refractivity contribution in [3.05, 3.63) is 58.9 Å². The van der Waals surface area contributed by atoms with Crippen molar-refractivity contribution in [3.63, 3.8) is 0 Å². The lowest BCUT2D eigenvalue weighted by molar-refractivity contribution is 1.14. The lowest BCUT2D eigenvalue weighted by Gasteiger charge is -2.12. The van der Waals surface area contributed by atoms with Crippen LogP contribution in [0.25, 0.3) is 6.08 Å². The molecule has 2 aromatic rings. The minimum atomic E-state index is 0.644. The van der Waals surface area contributed by atoms with E-state index in [0.717, 1.165) is 17.8 Å². The quantitative estimate of drug-likeness (QED) is 0.727. The highest BCUT2D eigenvalue weighted by Crippen LogP contribution is 2.28. The fourth-order valence-electron chi connectivity index (χ4n) is 2.03. The number of aromatic nitrogens is 2. The van der Waals surface area contributed by atoms with Crippen LogP contribution in [0.4, 0.5) is 17.3 Å². The van der Waals surface area contributed by atoms with Crippen molar-refractivity contribution >= 4 is 35.0 Å². The summed E-state index contributed by atoms with van der Waals surface area (Å²) in [5, 5.41) is 6.97. The Morgan fingerprint density at radius 3 is 2.74 bits per heavy atom. The summed E-state index contributed by atoms with van der Waals surface area (Å²) in [6.45, 7) is 4.08. The molecule has 23 heavy (non-hydrogen) atoms. The number of anilines is 3. The second kappa shape index (κ2) is 8.34. The van der Waals surface area contributed by atoms with Crippen LogP contribution in [0, 0.1) is 0 Å². The van der Waals surface area contributed by atoms with Gasteiger partial charge in [-0.3, -0.25) is 0 Å². The van der Waals surface area contributed by atoms with Crippen molar-refractivity contribution in [1.29, 1.82) is 0 Å². The first kappa shape index (κ1) is 17.0. The lowest BCUT2D eigenvalue weighted by atomic mass is 10.1. The van der Waals surface area contributed by atoms with E-state index in [-0.39, 0.29) is 0 Å². The van der Waals surface area contributed by atoms with Crippen LogP contribution in [0.2, 0.25) is 5.02 Å². The van der Waals surface area contributed by atoms with Crippen LogP contribution in [0.15, 0.2) is 42.6 Å². The highest BCUT2D eigenvalue weighted by atomic mass is 35.5. The number of hydrogen-bond acceptors (Lipinski definition) is 4. The first-order valence-electron chi connectivity index (χ1n) is 7.57. The fraction of sp³-hybridized carbons (Fsp3) is 0.222. The third-order valence-electron chi connectivity index (χ3n) is 3.29. The van der Waals surface area contributed by atoms with E-state index in [4.69, 9.17) is 11.6 Å². The molecule has 0 atom stereocenters. The van der Waals surface area contributed by atoms with Gasteiger partial charge in [-0.2, -0.15) is 0 Å². The number of nitrogens with zero attached hydrogens (tertiary/aromatic N) is 2. The SMILES string of the molecule is C/C=C\C=C/c1cnc(Nc2cc(CC)ccc2Cl)c(NC)n1. The van der Waals surface area contributed by atoms with Gasteiger partial charge in [-0.05, 0) is 37.1 Å². The molecule has 2 rings (SSSR count). The summed E-state index contributed by atoms with van der Waals surface area (Å²) in [7, 11) is 1.82. The summed E-state index contributed by atoms with van der Waals surface area (Å²) in [4.78, 5) is 8.98. The fourth-order valence-corrected chi connectivity index (χ4v) is 2.19. The zero-order chi connectivity index (χ0) is 16.7. The molecule has 0 saturated heterocycles. The molecule has 0 amide bonds. The molecule has 4 nitrogen and oxygen atoms in total. The van der Waals surface area contributed by atoms with E-state index in [1.165, 1.54) is 5.56 Å². The Morgan fingerprint density at radius 1 is 1.22 bits per heavy atom. The van der Waals surface area contributed by atoms with E-state index < -0.39 is 0 Å². The average Bonchev–Trinajstić information content (AvgIpc) is 2.58. The highest BCUT2D eigenvalue weighted by Gasteiger charge is 2.08. The monoisotopic (exact) mass is 328 g/mol. The molecule has 2 N–H and O–H groups in total. The van der Waals surface area contributed by atoms with E-state index in [9.17, 15) is 0 Å². The Bertz CT molecular complexity index is 723. The van der Waals surface area contributed by atoms with E-state index in [1.807, 2.05) is 56.5 Å². The molecule has 0 radical (unpaired) electrons. The van der Waals surface area contributed by atoms with Crippen LogP contribution in [0.3, 0.4) is 0 Å². The average molecular weight is 329 g/mol. The Labute approximate surface area is 142 Å². The molecule has 0 fully saturated rings. The number of allylic oxidation sites excluding steroid dienone is 3. The van der Waals surface area contributed by atoms with Crippen LogP contribution in [-0.2, 0) is 6.42 Å². The summed E-state index contributed by atoms with van der Waals surface area (Å²) in [5.41, 5.74) is 2.82. The summed E-state index contributed by atoms with van der Waals surface area (Å²) in [6, 6.07) is 5.94. The molecular formula is C18H21ClN4. The van der Waals surface area contributed by atoms with Crippen molar-refractivity contribution < 1.29 is 0 Å². The molecule has 0 aliphatic heterocycles. The van der Waals surface area contributed by atoms with Crippen molar-refractivity contribution in [2.75, 3.05) is 17.7 Å². The number of aryl methyl sites for hydroxylation is 1. The molecule has 0 aliphatic rings.